The molecule has 0 aromatic carbocycles. The summed E-state index contributed by atoms with van der Waals surface area (Å²) in [5.41, 5.74) is 1.99. The summed E-state index contributed by atoms with van der Waals surface area (Å²) in [6.07, 6.45) is 11.4. The second kappa shape index (κ2) is 7.21. The molecule has 3 aromatic rings. The van der Waals surface area contributed by atoms with Gasteiger partial charge in [-0.3, -0.25) is 9.78 Å². The van der Waals surface area contributed by atoms with Crippen molar-refractivity contribution in [2.45, 2.75) is 38.7 Å². The highest BCUT2D eigenvalue weighted by Gasteiger charge is 2.22. The average molecular weight is 352 g/mol. The standard InChI is InChI=1S/C19H20N4O3/c24-10-15-13-6-18(23-19(25)12-4-2-1-3-5-12)22-8-16(13)21-7-14(15)17-9-20-11-26-17/h6-9,11-12,24H,1-5,10H2,(H,22,23,25). The number of hydrogen-bond donors (Lipinski definition) is 2. The zero-order valence-electron chi connectivity index (χ0n) is 14.3. The molecule has 1 amide bonds. The Labute approximate surface area is 150 Å². The van der Waals surface area contributed by atoms with Crippen LogP contribution in [-0.4, -0.2) is 26.0 Å². The van der Waals surface area contributed by atoms with Crippen molar-refractivity contribution in [3.8, 4) is 11.3 Å². The molecular formula is C19H20N4O3. The van der Waals surface area contributed by atoms with Gasteiger partial charge < -0.3 is 14.8 Å². The number of nitrogens with one attached hydrogen (secondary N) is 1. The van der Waals surface area contributed by atoms with Gasteiger partial charge in [-0.05, 0) is 24.5 Å². The van der Waals surface area contributed by atoms with E-state index in [1.54, 1.807) is 24.7 Å². The van der Waals surface area contributed by atoms with E-state index in [4.69, 9.17) is 4.42 Å². The lowest BCUT2D eigenvalue weighted by Crippen LogP contribution is -2.25. The first-order chi connectivity index (χ1) is 12.8. The van der Waals surface area contributed by atoms with Gasteiger partial charge in [-0.1, -0.05) is 19.3 Å². The van der Waals surface area contributed by atoms with Crippen molar-refractivity contribution in [1.82, 2.24) is 15.0 Å². The second-order valence-corrected chi connectivity index (χ2v) is 6.59. The minimum atomic E-state index is -0.185. The Bertz CT molecular complexity index is 918. The molecule has 0 saturated heterocycles. The Morgan fingerprint density at radius 1 is 1.19 bits per heavy atom. The molecule has 2 N–H and O–H groups in total. The second-order valence-electron chi connectivity index (χ2n) is 6.59. The van der Waals surface area contributed by atoms with Gasteiger partial charge in [0.15, 0.2) is 12.2 Å². The predicted octanol–water partition coefficient (Wildman–Crippen LogP) is 3.30. The van der Waals surface area contributed by atoms with Crippen molar-refractivity contribution < 1.29 is 14.3 Å². The third kappa shape index (κ3) is 3.17. The Morgan fingerprint density at radius 2 is 2.04 bits per heavy atom. The molecule has 7 nitrogen and oxygen atoms in total. The summed E-state index contributed by atoms with van der Waals surface area (Å²) >= 11 is 0. The minimum absolute atomic E-state index is 0.0152. The van der Waals surface area contributed by atoms with Crippen LogP contribution in [0.5, 0.6) is 0 Å². The quantitative estimate of drug-likeness (QED) is 0.747. The molecule has 1 saturated carbocycles. The first-order valence-electron chi connectivity index (χ1n) is 8.84. The van der Waals surface area contributed by atoms with Gasteiger partial charge in [0.25, 0.3) is 0 Å². The number of hydrogen-bond acceptors (Lipinski definition) is 6. The molecule has 1 aliphatic rings. The molecule has 0 radical (unpaired) electrons. The normalized spacial score (nSPS) is 15.3. The molecule has 7 heteroatoms. The van der Waals surface area contributed by atoms with Crippen LogP contribution in [0.25, 0.3) is 22.2 Å². The van der Waals surface area contributed by atoms with Crippen LogP contribution in [0, 0.1) is 5.92 Å². The molecule has 1 fully saturated rings. The maximum atomic E-state index is 12.5. The fraction of sp³-hybridized carbons (Fsp3) is 0.368. The van der Waals surface area contributed by atoms with E-state index in [9.17, 15) is 9.90 Å². The first kappa shape index (κ1) is 16.7. The van der Waals surface area contributed by atoms with Crippen molar-refractivity contribution in [3.63, 3.8) is 0 Å². The Morgan fingerprint density at radius 3 is 2.77 bits per heavy atom. The number of anilines is 1. The van der Waals surface area contributed by atoms with Gasteiger partial charge in [-0.15, -0.1) is 0 Å². The van der Waals surface area contributed by atoms with E-state index in [0.29, 0.717) is 28.2 Å². The van der Waals surface area contributed by atoms with Gasteiger partial charge in [-0.2, -0.15) is 0 Å². The Kier molecular flexibility index (Phi) is 4.62. The molecule has 0 unspecified atom stereocenters. The largest absolute Gasteiger partial charge is 0.443 e. The highest BCUT2D eigenvalue weighted by molar-refractivity contribution is 5.95. The third-order valence-electron chi connectivity index (χ3n) is 4.95. The topological polar surface area (TPSA) is 101 Å². The number of aliphatic hydroxyl groups is 1. The number of oxazole rings is 1. The highest BCUT2D eigenvalue weighted by atomic mass is 16.3. The van der Waals surface area contributed by atoms with Crippen molar-refractivity contribution >= 4 is 22.6 Å². The van der Waals surface area contributed by atoms with E-state index in [1.165, 1.54) is 12.8 Å². The highest BCUT2D eigenvalue weighted by Crippen LogP contribution is 2.30. The SMILES string of the molecule is O=C(Nc1cc2c(CO)c(-c3cnco3)cnc2cn1)C1CCCCC1. The maximum Gasteiger partial charge on any atom is 0.228 e. The van der Waals surface area contributed by atoms with Gasteiger partial charge in [-0.25, -0.2) is 9.97 Å². The summed E-state index contributed by atoms with van der Waals surface area (Å²) in [6, 6.07) is 1.76. The molecular weight excluding hydrogens is 332 g/mol. The number of aliphatic hydroxyl groups excluding tert-OH is 1. The number of rotatable bonds is 4. The lowest BCUT2D eigenvalue weighted by Gasteiger charge is -2.20. The molecule has 3 aromatic heterocycles. The van der Waals surface area contributed by atoms with E-state index in [-0.39, 0.29) is 18.4 Å². The average Bonchev–Trinajstić information content (AvgIpc) is 3.22. The van der Waals surface area contributed by atoms with Crippen molar-refractivity contribution in [3.05, 3.63) is 36.6 Å². The summed E-state index contributed by atoms with van der Waals surface area (Å²) < 4.78 is 5.34. The number of nitrogens with zero attached hydrogens (tertiary/aromatic N) is 3. The van der Waals surface area contributed by atoms with E-state index in [0.717, 1.165) is 31.1 Å². The van der Waals surface area contributed by atoms with Crippen LogP contribution < -0.4 is 5.32 Å². The predicted molar refractivity (Wildman–Crippen MR) is 96.2 cm³/mol. The van der Waals surface area contributed by atoms with E-state index < -0.39 is 0 Å². The molecule has 0 atom stereocenters. The van der Waals surface area contributed by atoms with Gasteiger partial charge >= 0.3 is 0 Å². The smallest absolute Gasteiger partial charge is 0.228 e. The van der Waals surface area contributed by atoms with E-state index in [1.807, 2.05) is 0 Å². The molecule has 134 valence electrons. The van der Waals surface area contributed by atoms with E-state index in [2.05, 4.69) is 20.3 Å². The molecule has 1 aliphatic carbocycles. The van der Waals surface area contributed by atoms with Crippen LogP contribution in [0.1, 0.15) is 37.7 Å². The fourth-order valence-corrected chi connectivity index (χ4v) is 3.54. The van der Waals surface area contributed by atoms with Gasteiger partial charge in [0.1, 0.15) is 5.82 Å². The third-order valence-corrected chi connectivity index (χ3v) is 4.95. The summed E-state index contributed by atoms with van der Waals surface area (Å²) in [7, 11) is 0. The Hall–Kier alpha value is -2.80. The number of aromatic nitrogens is 3. The molecule has 26 heavy (non-hydrogen) atoms. The molecule has 0 bridgehead atoms. The zero-order chi connectivity index (χ0) is 17.9. The lowest BCUT2D eigenvalue weighted by atomic mass is 9.89. The van der Waals surface area contributed by atoms with Gasteiger partial charge in [0.05, 0.1) is 24.5 Å². The Balaban J connectivity index is 1.68. The van der Waals surface area contributed by atoms with Crippen LogP contribution in [0.2, 0.25) is 0 Å². The van der Waals surface area contributed by atoms with Crippen molar-refractivity contribution in [2.75, 3.05) is 5.32 Å². The zero-order valence-corrected chi connectivity index (χ0v) is 14.3. The van der Waals surface area contributed by atoms with Crippen LogP contribution in [0.15, 0.2) is 35.5 Å². The van der Waals surface area contributed by atoms with Crippen LogP contribution in [-0.2, 0) is 11.4 Å². The van der Waals surface area contributed by atoms with Crippen molar-refractivity contribution in [1.29, 1.82) is 0 Å². The molecule has 4 rings (SSSR count). The minimum Gasteiger partial charge on any atom is -0.443 e. The first-order valence-corrected chi connectivity index (χ1v) is 8.84. The maximum absolute atomic E-state index is 12.5. The summed E-state index contributed by atoms with van der Waals surface area (Å²) in [5, 5.41) is 13.5. The summed E-state index contributed by atoms with van der Waals surface area (Å²) in [5.74, 6) is 1.08. The molecule has 0 spiro atoms. The number of fused-ring (bicyclic) bond motifs is 1. The number of amides is 1. The van der Waals surface area contributed by atoms with E-state index >= 15 is 0 Å². The van der Waals surface area contributed by atoms with Crippen LogP contribution in [0.4, 0.5) is 5.82 Å². The monoisotopic (exact) mass is 352 g/mol. The lowest BCUT2D eigenvalue weighted by molar-refractivity contribution is -0.120. The van der Waals surface area contributed by atoms with Gasteiger partial charge in [0.2, 0.25) is 5.91 Å². The van der Waals surface area contributed by atoms with Crippen molar-refractivity contribution in [2.24, 2.45) is 5.92 Å². The number of carbonyl (C=O) groups excluding carboxylic acids is 1. The number of pyridine rings is 2. The molecule has 0 aliphatic heterocycles. The fourth-order valence-electron chi connectivity index (χ4n) is 3.54. The summed E-state index contributed by atoms with van der Waals surface area (Å²) in [4.78, 5) is 25.1. The van der Waals surface area contributed by atoms with Crippen LogP contribution in [0.3, 0.4) is 0 Å². The number of carbonyl (C=O) groups is 1. The summed E-state index contributed by atoms with van der Waals surface area (Å²) in [6.45, 7) is -0.185. The molecule has 3 heterocycles. The van der Waals surface area contributed by atoms with Crippen LogP contribution >= 0.6 is 0 Å². The van der Waals surface area contributed by atoms with Gasteiger partial charge in [0, 0.05) is 23.1 Å².